The first kappa shape index (κ1) is 16.1. The number of methoxy groups -OCH3 is 1. The largest absolute Gasteiger partial charge is 0.468 e. The first-order valence-corrected chi connectivity index (χ1v) is 6.47. The molecule has 0 amide bonds. The van der Waals surface area contributed by atoms with Crippen molar-refractivity contribution in [1.29, 1.82) is 5.26 Å². The number of benzene rings is 1. The summed E-state index contributed by atoms with van der Waals surface area (Å²) in [7, 11) is 1.34. The quantitative estimate of drug-likeness (QED) is 0.811. The van der Waals surface area contributed by atoms with Crippen LogP contribution in [0, 0.1) is 23.1 Å². The summed E-state index contributed by atoms with van der Waals surface area (Å²) in [5, 5.41) is 11.8. The van der Waals surface area contributed by atoms with Gasteiger partial charge in [0.15, 0.2) is 0 Å². The Hall–Kier alpha value is -1.93. The second kappa shape index (κ2) is 7.61. The molecule has 1 rings (SSSR count). The lowest BCUT2D eigenvalue weighted by Gasteiger charge is -2.18. The van der Waals surface area contributed by atoms with E-state index in [0.717, 1.165) is 0 Å². The Morgan fingerprint density at radius 2 is 2.15 bits per heavy atom. The van der Waals surface area contributed by atoms with Crippen molar-refractivity contribution in [3.05, 3.63) is 35.1 Å². The van der Waals surface area contributed by atoms with Gasteiger partial charge in [0, 0.05) is 6.54 Å². The molecule has 1 aromatic rings. The number of ether oxygens (including phenoxy) is 1. The highest BCUT2D eigenvalue weighted by Gasteiger charge is 2.19. The molecule has 0 fully saturated rings. The lowest BCUT2D eigenvalue weighted by atomic mass is 10.0. The Labute approximate surface area is 118 Å². The van der Waals surface area contributed by atoms with Gasteiger partial charge in [0.1, 0.15) is 11.9 Å². The predicted octanol–water partition coefficient (Wildman–Crippen LogP) is 2.37. The number of nitrogens with zero attached hydrogens (tertiary/aromatic N) is 1. The molecule has 0 heterocycles. The first-order chi connectivity index (χ1) is 9.46. The van der Waals surface area contributed by atoms with E-state index in [1.54, 1.807) is 6.07 Å². The first-order valence-electron chi connectivity index (χ1n) is 6.47. The van der Waals surface area contributed by atoms with Gasteiger partial charge in [-0.05, 0) is 36.1 Å². The van der Waals surface area contributed by atoms with Gasteiger partial charge < -0.3 is 10.1 Å². The zero-order chi connectivity index (χ0) is 15.1. The number of hydrogen-bond acceptors (Lipinski definition) is 4. The Morgan fingerprint density at radius 3 is 2.70 bits per heavy atom. The second-order valence-electron chi connectivity index (χ2n) is 5.05. The van der Waals surface area contributed by atoms with Crippen LogP contribution in [-0.2, 0) is 16.1 Å². The number of rotatable bonds is 6. The average molecular weight is 278 g/mol. The summed E-state index contributed by atoms with van der Waals surface area (Å²) < 4.78 is 18.0. The van der Waals surface area contributed by atoms with Crippen LogP contribution in [0.5, 0.6) is 0 Å². The van der Waals surface area contributed by atoms with Crippen molar-refractivity contribution in [1.82, 2.24) is 5.32 Å². The monoisotopic (exact) mass is 278 g/mol. The third kappa shape index (κ3) is 4.98. The fraction of sp³-hybridized carbons (Fsp3) is 0.467. The van der Waals surface area contributed by atoms with Crippen LogP contribution in [0.15, 0.2) is 18.2 Å². The molecule has 0 spiro atoms. The van der Waals surface area contributed by atoms with E-state index >= 15 is 0 Å². The summed E-state index contributed by atoms with van der Waals surface area (Å²) in [6.45, 7) is 4.32. The van der Waals surface area contributed by atoms with Crippen LogP contribution in [0.3, 0.4) is 0 Å². The minimum absolute atomic E-state index is 0.264. The van der Waals surface area contributed by atoms with Gasteiger partial charge in [-0.1, -0.05) is 13.8 Å². The van der Waals surface area contributed by atoms with Gasteiger partial charge in [-0.25, -0.2) is 4.39 Å². The van der Waals surface area contributed by atoms with Crippen LogP contribution in [0.1, 0.15) is 31.4 Å². The van der Waals surface area contributed by atoms with Gasteiger partial charge in [-0.15, -0.1) is 0 Å². The Bertz CT molecular complexity index is 509. The highest BCUT2D eigenvalue weighted by Crippen LogP contribution is 2.11. The van der Waals surface area contributed by atoms with Crippen LogP contribution in [-0.4, -0.2) is 19.1 Å². The number of esters is 1. The number of halogens is 1. The average Bonchev–Trinajstić information content (AvgIpc) is 2.41. The van der Waals surface area contributed by atoms with E-state index in [1.807, 2.05) is 19.9 Å². The van der Waals surface area contributed by atoms with E-state index in [1.165, 1.54) is 19.2 Å². The summed E-state index contributed by atoms with van der Waals surface area (Å²) in [5.41, 5.74) is 0.888. The standard InChI is InChI=1S/C15H19FN2O2/c1-10(2)4-14(15(19)20-3)18-9-12-5-11(8-17)6-13(16)7-12/h5-7,10,14,18H,4,9H2,1-3H3. The van der Waals surface area contributed by atoms with Gasteiger partial charge in [0.05, 0.1) is 18.7 Å². The highest BCUT2D eigenvalue weighted by molar-refractivity contribution is 5.75. The molecule has 0 radical (unpaired) electrons. The maximum absolute atomic E-state index is 13.3. The summed E-state index contributed by atoms with van der Waals surface area (Å²) in [4.78, 5) is 11.6. The molecule has 0 saturated heterocycles. The molecule has 1 atom stereocenters. The van der Waals surface area contributed by atoms with Crippen LogP contribution in [0.4, 0.5) is 4.39 Å². The predicted molar refractivity (Wildman–Crippen MR) is 73.2 cm³/mol. The summed E-state index contributed by atoms with van der Waals surface area (Å²) in [6, 6.07) is 5.58. The van der Waals surface area contributed by atoms with Crippen molar-refractivity contribution in [3.8, 4) is 6.07 Å². The fourth-order valence-electron chi connectivity index (χ4n) is 1.93. The molecular formula is C15H19FN2O2. The van der Waals surface area contributed by atoms with E-state index in [-0.39, 0.29) is 11.5 Å². The van der Waals surface area contributed by atoms with Gasteiger partial charge in [-0.3, -0.25) is 4.79 Å². The summed E-state index contributed by atoms with van der Waals surface area (Å²) in [5.74, 6) is -0.469. The molecule has 108 valence electrons. The van der Waals surface area contributed by atoms with Crippen molar-refractivity contribution in [2.45, 2.75) is 32.9 Å². The third-order valence-corrected chi connectivity index (χ3v) is 2.83. The number of carbonyl (C=O) groups is 1. The molecule has 0 aliphatic heterocycles. The molecule has 20 heavy (non-hydrogen) atoms. The van der Waals surface area contributed by atoms with Gasteiger partial charge >= 0.3 is 5.97 Å². The van der Waals surface area contributed by atoms with Crippen molar-refractivity contribution in [3.63, 3.8) is 0 Å². The normalized spacial score (nSPS) is 12.0. The fourth-order valence-corrected chi connectivity index (χ4v) is 1.93. The topological polar surface area (TPSA) is 62.1 Å². The second-order valence-corrected chi connectivity index (χ2v) is 5.05. The molecular weight excluding hydrogens is 259 g/mol. The maximum Gasteiger partial charge on any atom is 0.322 e. The summed E-state index contributed by atoms with van der Waals surface area (Å²) in [6.07, 6.45) is 0.632. The lowest BCUT2D eigenvalue weighted by molar-refractivity contribution is -0.143. The minimum Gasteiger partial charge on any atom is -0.468 e. The van der Waals surface area contributed by atoms with Crippen LogP contribution in [0.2, 0.25) is 0 Å². The summed E-state index contributed by atoms with van der Waals surface area (Å²) >= 11 is 0. The number of carbonyl (C=O) groups excluding carboxylic acids is 1. The van der Waals surface area contributed by atoms with Crippen LogP contribution in [0.25, 0.3) is 0 Å². The van der Waals surface area contributed by atoms with Crippen LogP contribution < -0.4 is 5.32 Å². The van der Waals surface area contributed by atoms with Crippen molar-refractivity contribution in [2.75, 3.05) is 7.11 Å². The Kier molecular flexibility index (Phi) is 6.13. The Balaban J connectivity index is 2.74. The van der Waals surface area contributed by atoms with Crippen LogP contribution >= 0.6 is 0 Å². The zero-order valence-corrected chi connectivity index (χ0v) is 11.9. The molecule has 0 bridgehead atoms. The molecule has 0 aliphatic rings. The van der Waals surface area contributed by atoms with Gasteiger partial charge in [-0.2, -0.15) is 5.26 Å². The van der Waals surface area contributed by atoms with E-state index in [9.17, 15) is 9.18 Å². The van der Waals surface area contributed by atoms with Gasteiger partial charge in [0.2, 0.25) is 0 Å². The molecule has 1 N–H and O–H groups in total. The van der Waals surface area contributed by atoms with E-state index in [2.05, 4.69) is 5.32 Å². The maximum atomic E-state index is 13.3. The van der Waals surface area contributed by atoms with E-state index in [0.29, 0.717) is 24.4 Å². The molecule has 5 heteroatoms. The molecule has 1 unspecified atom stereocenters. The van der Waals surface area contributed by atoms with E-state index < -0.39 is 11.9 Å². The van der Waals surface area contributed by atoms with Crippen molar-refractivity contribution in [2.24, 2.45) is 5.92 Å². The molecule has 1 aromatic carbocycles. The SMILES string of the molecule is COC(=O)C(CC(C)C)NCc1cc(F)cc(C#N)c1. The smallest absolute Gasteiger partial charge is 0.322 e. The minimum atomic E-state index is -0.459. The van der Waals surface area contributed by atoms with Crippen molar-refractivity contribution < 1.29 is 13.9 Å². The molecule has 0 aliphatic carbocycles. The third-order valence-electron chi connectivity index (χ3n) is 2.83. The Morgan fingerprint density at radius 1 is 1.45 bits per heavy atom. The van der Waals surface area contributed by atoms with Gasteiger partial charge in [0.25, 0.3) is 0 Å². The lowest BCUT2D eigenvalue weighted by Crippen LogP contribution is -2.38. The molecule has 0 saturated carbocycles. The highest BCUT2D eigenvalue weighted by atomic mass is 19.1. The molecule has 4 nitrogen and oxygen atoms in total. The number of nitrogens with one attached hydrogen (secondary N) is 1. The number of nitriles is 1. The van der Waals surface area contributed by atoms with E-state index in [4.69, 9.17) is 10.00 Å². The van der Waals surface area contributed by atoms with Crippen molar-refractivity contribution >= 4 is 5.97 Å². The zero-order valence-electron chi connectivity index (χ0n) is 11.9. The number of hydrogen-bond donors (Lipinski definition) is 1. The molecule has 0 aromatic heterocycles.